The lowest BCUT2D eigenvalue weighted by Gasteiger charge is -2.42. The Kier molecular flexibility index (Phi) is 4.80. The largest absolute Gasteiger partial charge is 0.320 e. The van der Waals surface area contributed by atoms with E-state index in [4.69, 9.17) is 0 Å². The van der Waals surface area contributed by atoms with Gasteiger partial charge in [-0.1, -0.05) is 6.07 Å². The van der Waals surface area contributed by atoms with E-state index in [1.54, 1.807) is 0 Å². The Morgan fingerprint density at radius 1 is 1.23 bits per heavy atom. The van der Waals surface area contributed by atoms with Crippen molar-refractivity contribution in [2.75, 3.05) is 26.2 Å². The minimum Gasteiger partial charge on any atom is -0.320 e. The average Bonchev–Trinajstić information content (AvgIpc) is 3.22. The molecule has 1 unspecified atom stereocenters. The average molecular weight is 355 g/mol. The zero-order valence-electron chi connectivity index (χ0n) is 16.2. The van der Waals surface area contributed by atoms with Crippen molar-refractivity contribution in [2.24, 2.45) is 12.5 Å². The standard InChI is InChI=1S/C20H30N6/c1-16(2)26-13-18(19-23-22-15-24(19)3)20(14-26)7-10-25(11-8-20)12-17-6-4-5-9-21-17/h4-6,9,15-16,18H,7-8,10-14H2,1-3H3. The number of pyridine rings is 1. The predicted octanol–water partition coefficient (Wildman–Crippen LogP) is 2.30. The molecule has 0 amide bonds. The van der Waals surface area contributed by atoms with Gasteiger partial charge < -0.3 is 4.57 Å². The first-order valence-electron chi connectivity index (χ1n) is 9.78. The maximum atomic E-state index is 4.49. The fourth-order valence-electron chi connectivity index (χ4n) is 4.75. The number of aromatic nitrogens is 4. The number of hydrogen-bond acceptors (Lipinski definition) is 5. The summed E-state index contributed by atoms with van der Waals surface area (Å²) in [6.45, 7) is 10.1. The maximum Gasteiger partial charge on any atom is 0.137 e. The molecule has 6 heteroatoms. The van der Waals surface area contributed by atoms with E-state index in [1.807, 2.05) is 18.6 Å². The van der Waals surface area contributed by atoms with Gasteiger partial charge in [-0.2, -0.15) is 0 Å². The Morgan fingerprint density at radius 2 is 2.04 bits per heavy atom. The molecule has 6 nitrogen and oxygen atoms in total. The first-order chi connectivity index (χ1) is 12.6. The lowest BCUT2D eigenvalue weighted by Crippen LogP contribution is -2.44. The highest BCUT2D eigenvalue weighted by molar-refractivity contribution is 5.14. The molecule has 26 heavy (non-hydrogen) atoms. The van der Waals surface area contributed by atoms with Crippen molar-refractivity contribution < 1.29 is 0 Å². The molecule has 4 heterocycles. The third-order valence-electron chi connectivity index (χ3n) is 6.43. The summed E-state index contributed by atoms with van der Waals surface area (Å²) in [7, 11) is 2.08. The monoisotopic (exact) mass is 354 g/mol. The Bertz CT molecular complexity index is 717. The third-order valence-corrected chi connectivity index (χ3v) is 6.43. The minimum absolute atomic E-state index is 0.325. The van der Waals surface area contributed by atoms with Crippen molar-refractivity contribution in [2.45, 2.75) is 45.2 Å². The van der Waals surface area contributed by atoms with E-state index in [0.29, 0.717) is 17.4 Å². The van der Waals surface area contributed by atoms with Gasteiger partial charge in [0.2, 0.25) is 0 Å². The predicted molar refractivity (Wildman–Crippen MR) is 102 cm³/mol. The van der Waals surface area contributed by atoms with Crippen LogP contribution in [0.1, 0.15) is 44.1 Å². The zero-order valence-corrected chi connectivity index (χ0v) is 16.2. The van der Waals surface area contributed by atoms with E-state index >= 15 is 0 Å². The molecule has 1 spiro atoms. The summed E-state index contributed by atoms with van der Waals surface area (Å²) in [5.74, 6) is 1.64. The van der Waals surface area contributed by atoms with Gasteiger partial charge in [-0.25, -0.2) is 0 Å². The van der Waals surface area contributed by atoms with Crippen LogP contribution >= 0.6 is 0 Å². The SMILES string of the molecule is CC(C)N1CC(c2nncn2C)C2(CCN(Cc3ccccn3)CC2)C1. The maximum absolute atomic E-state index is 4.49. The van der Waals surface area contributed by atoms with E-state index in [2.05, 4.69) is 62.6 Å². The highest BCUT2D eigenvalue weighted by Crippen LogP contribution is 2.49. The van der Waals surface area contributed by atoms with Crippen molar-refractivity contribution >= 4 is 0 Å². The van der Waals surface area contributed by atoms with E-state index in [9.17, 15) is 0 Å². The van der Waals surface area contributed by atoms with Gasteiger partial charge in [-0.05, 0) is 57.3 Å². The van der Waals surface area contributed by atoms with Gasteiger partial charge in [0.25, 0.3) is 0 Å². The van der Waals surface area contributed by atoms with Crippen molar-refractivity contribution in [3.05, 3.63) is 42.2 Å². The van der Waals surface area contributed by atoms with E-state index < -0.39 is 0 Å². The summed E-state index contributed by atoms with van der Waals surface area (Å²) in [6, 6.07) is 6.77. The molecule has 2 aliphatic heterocycles. The highest BCUT2D eigenvalue weighted by Gasteiger charge is 2.50. The van der Waals surface area contributed by atoms with Crippen LogP contribution in [0.3, 0.4) is 0 Å². The van der Waals surface area contributed by atoms with Gasteiger partial charge in [0.05, 0.1) is 5.69 Å². The molecule has 1 atom stereocenters. The van der Waals surface area contributed by atoms with Gasteiger partial charge in [0.1, 0.15) is 12.2 Å². The van der Waals surface area contributed by atoms with Crippen molar-refractivity contribution in [1.82, 2.24) is 29.5 Å². The van der Waals surface area contributed by atoms with Crippen LogP contribution in [0.4, 0.5) is 0 Å². The van der Waals surface area contributed by atoms with Crippen molar-refractivity contribution in [3.63, 3.8) is 0 Å². The minimum atomic E-state index is 0.325. The summed E-state index contributed by atoms with van der Waals surface area (Å²) in [4.78, 5) is 9.68. The van der Waals surface area contributed by atoms with Gasteiger partial charge in [0, 0.05) is 44.8 Å². The number of nitrogens with zero attached hydrogens (tertiary/aromatic N) is 6. The fourth-order valence-corrected chi connectivity index (χ4v) is 4.75. The third kappa shape index (κ3) is 3.28. The van der Waals surface area contributed by atoms with E-state index in [-0.39, 0.29) is 0 Å². The van der Waals surface area contributed by atoms with Crippen molar-refractivity contribution in [1.29, 1.82) is 0 Å². The van der Waals surface area contributed by atoms with E-state index in [1.165, 1.54) is 25.1 Å². The van der Waals surface area contributed by atoms with Crippen LogP contribution in [0.15, 0.2) is 30.7 Å². The summed E-state index contributed by atoms with van der Waals surface area (Å²) >= 11 is 0. The first kappa shape index (κ1) is 17.6. The number of aryl methyl sites for hydroxylation is 1. The molecule has 2 fully saturated rings. The molecule has 2 aromatic heterocycles. The molecule has 2 aromatic rings. The van der Waals surface area contributed by atoms with E-state index in [0.717, 1.165) is 32.0 Å². The van der Waals surface area contributed by atoms with Crippen LogP contribution in [0, 0.1) is 5.41 Å². The van der Waals surface area contributed by atoms with Crippen LogP contribution in [-0.2, 0) is 13.6 Å². The zero-order chi connectivity index (χ0) is 18.1. The fraction of sp³-hybridized carbons (Fsp3) is 0.650. The summed E-state index contributed by atoms with van der Waals surface area (Å²) in [5.41, 5.74) is 1.50. The second kappa shape index (κ2) is 7.08. The summed E-state index contributed by atoms with van der Waals surface area (Å²) in [5, 5.41) is 8.65. The number of piperidine rings is 1. The molecule has 0 aliphatic carbocycles. The van der Waals surface area contributed by atoms with Crippen LogP contribution in [-0.4, -0.2) is 61.8 Å². The molecule has 2 saturated heterocycles. The van der Waals surface area contributed by atoms with Gasteiger partial charge in [-0.15, -0.1) is 10.2 Å². The highest BCUT2D eigenvalue weighted by atomic mass is 15.3. The second-order valence-corrected chi connectivity index (χ2v) is 8.34. The number of hydrogen-bond donors (Lipinski definition) is 0. The van der Waals surface area contributed by atoms with Gasteiger partial charge >= 0.3 is 0 Å². The quantitative estimate of drug-likeness (QED) is 0.843. The van der Waals surface area contributed by atoms with Crippen molar-refractivity contribution in [3.8, 4) is 0 Å². The molecule has 2 aliphatic rings. The molecule has 0 N–H and O–H groups in total. The smallest absolute Gasteiger partial charge is 0.137 e. The lowest BCUT2D eigenvalue weighted by molar-refractivity contribution is 0.0858. The Hall–Kier alpha value is -1.79. The molecule has 0 aromatic carbocycles. The van der Waals surface area contributed by atoms with Gasteiger partial charge in [0.15, 0.2) is 0 Å². The lowest BCUT2D eigenvalue weighted by atomic mass is 9.70. The number of rotatable bonds is 4. The molecule has 140 valence electrons. The molecule has 0 radical (unpaired) electrons. The Morgan fingerprint density at radius 3 is 2.65 bits per heavy atom. The van der Waals surface area contributed by atoms with Crippen LogP contribution in [0.25, 0.3) is 0 Å². The summed E-state index contributed by atoms with van der Waals surface area (Å²) < 4.78 is 2.12. The molecular weight excluding hydrogens is 324 g/mol. The summed E-state index contributed by atoms with van der Waals surface area (Å²) in [6.07, 6.45) is 6.18. The first-order valence-corrected chi connectivity index (χ1v) is 9.78. The molecule has 0 bridgehead atoms. The Balaban J connectivity index is 1.50. The second-order valence-electron chi connectivity index (χ2n) is 8.34. The Labute approximate surface area is 156 Å². The molecule has 4 rings (SSSR count). The van der Waals surface area contributed by atoms with Crippen LogP contribution in [0.2, 0.25) is 0 Å². The molecular formula is C20H30N6. The van der Waals surface area contributed by atoms with Crippen LogP contribution < -0.4 is 0 Å². The molecule has 0 saturated carbocycles. The normalized spacial score (nSPS) is 23.9. The van der Waals surface area contributed by atoms with Gasteiger partial charge in [-0.3, -0.25) is 14.8 Å². The number of likely N-dealkylation sites (tertiary alicyclic amines) is 2. The van der Waals surface area contributed by atoms with Crippen LogP contribution in [0.5, 0.6) is 0 Å². The topological polar surface area (TPSA) is 50.1 Å².